The average molecular weight is 307 g/mol. The van der Waals surface area contributed by atoms with Crippen LogP contribution in [0.1, 0.15) is 31.9 Å². The van der Waals surface area contributed by atoms with Gasteiger partial charge < -0.3 is 5.32 Å². The van der Waals surface area contributed by atoms with Gasteiger partial charge in [-0.15, -0.1) is 0 Å². The quantitative estimate of drug-likeness (QED) is 0.817. The first kappa shape index (κ1) is 15.4. The predicted octanol–water partition coefficient (Wildman–Crippen LogP) is 4.95. The van der Waals surface area contributed by atoms with Gasteiger partial charge in [0.1, 0.15) is 5.03 Å². The molecule has 1 N–H and O–H groups in total. The summed E-state index contributed by atoms with van der Waals surface area (Å²) in [5.41, 5.74) is 1.26. The second kappa shape index (κ2) is 7.67. The molecule has 1 aromatic carbocycles. The van der Waals surface area contributed by atoms with E-state index in [1.807, 2.05) is 30.5 Å². The number of pyridine rings is 1. The summed E-state index contributed by atoms with van der Waals surface area (Å²) in [6.45, 7) is 5.38. The van der Waals surface area contributed by atoms with Crippen molar-refractivity contribution < 1.29 is 0 Å². The number of rotatable bonds is 6. The Kier molecular flexibility index (Phi) is 5.89. The second-order valence-electron chi connectivity index (χ2n) is 4.66. The van der Waals surface area contributed by atoms with Crippen LogP contribution in [0.15, 0.2) is 52.5 Å². The molecule has 1 atom stereocenters. The van der Waals surface area contributed by atoms with Gasteiger partial charge in [0.25, 0.3) is 0 Å². The van der Waals surface area contributed by atoms with Crippen molar-refractivity contribution in [2.24, 2.45) is 0 Å². The molecule has 0 aliphatic heterocycles. The van der Waals surface area contributed by atoms with Gasteiger partial charge in [-0.1, -0.05) is 36.4 Å². The highest BCUT2D eigenvalue weighted by atomic mass is 35.5. The Bertz CT molecular complexity index is 560. The Morgan fingerprint density at radius 1 is 1.30 bits per heavy atom. The smallest absolute Gasteiger partial charge is 0.101 e. The summed E-state index contributed by atoms with van der Waals surface area (Å²) in [4.78, 5) is 5.53. The maximum absolute atomic E-state index is 6.01. The van der Waals surface area contributed by atoms with E-state index in [9.17, 15) is 0 Å². The van der Waals surface area contributed by atoms with Gasteiger partial charge in [0, 0.05) is 22.2 Å². The van der Waals surface area contributed by atoms with Crippen molar-refractivity contribution in [3.63, 3.8) is 0 Å². The van der Waals surface area contributed by atoms with Gasteiger partial charge in [-0.2, -0.15) is 0 Å². The molecular weight excluding hydrogens is 288 g/mol. The van der Waals surface area contributed by atoms with Gasteiger partial charge >= 0.3 is 0 Å². The van der Waals surface area contributed by atoms with E-state index in [0.29, 0.717) is 6.04 Å². The number of hydrogen-bond donors (Lipinski definition) is 1. The summed E-state index contributed by atoms with van der Waals surface area (Å²) in [6.07, 6.45) is 3.01. The van der Waals surface area contributed by atoms with Crippen LogP contribution in [-0.4, -0.2) is 11.5 Å². The molecule has 20 heavy (non-hydrogen) atoms. The Morgan fingerprint density at radius 2 is 2.15 bits per heavy atom. The van der Waals surface area contributed by atoms with E-state index in [-0.39, 0.29) is 0 Å². The van der Waals surface area contributed by atoms with Crippen molar-refractivity contribution in [1.82, 2.24) is 10.3 Å². The molecule has 4 heteroatoms. The van der Waals surface area contributed by atoms with Crippen molar-refractivity contribution in [2.75, 3.05) is 6.54 Å². The van der Waals surface area contributed by atoms with E-state index in [1.165, 1.54) is 5.56 Å². The first-order valence-electron chi connectivity index (χ1n) is 6.82. The lowest BCUT2D eigenvalue weighted by Gasteiger charge is -2.14. The molecule has 0 bridgehead atoms. The van der Waals surface area contributed by atoms with E-state index >= 15 is 0 Å². The average Bonchev–Trinajstić information content (AvgIpc) is 2.45. The summed E-state index contributed by atoms with van der Waals surface area (Å²) in [5.74, 6) is 0. The Hall–Kier alpha value is -1.03. The van der Waals surface area contributed by atoms with E-state index in [0.717, 1.165) is 27.9 Å². The lowest BCUT2D eigenvalue weighted by molar-refractivity contribution is 0.569. The molecular formula is C16H19ClN2S. The van der Waals surface area contributed by atoms with Gasteiger partial charge in [0.2, 0.25) is 0 Å². The predicted molar refractivity (Wildman–Crippen MR) is 86.5 cm³/mol. The molecule has 2 aromatic rings. The molecule has 0 aliphatic rings. The van der Waals surface area contributed by atoms with Gasteiger partial charge in [-0.3, -0.25) is 0 Å². The van der Waals surface area contributed by atoms with Gasteiger partial charge in [0.15, 0.2) is 0 Å². The first-order chi connectivity index (χ1) is 9.69. The number of benzene rings is 1. The van der Waals surface area contributed by atoms with Crippen LogP contribution in [0.5, 0.6) is 0 Å². The van der Waals surface area contributed by atoms with Gasteiger partial charge in [-0.25, -0.2) is 4.98 Å². The standard InChI is InChI=1S/C16H19ClN2S/c1-3-8-18-12(2)13-7-9-19-16(10-13)20-15-6-4-5-14(17)11-15/h4-7,9-12,18H,3,8H2,1-2H3. The van der Waals surface area contributed by atoms with Gasteiger partial charge in [-0.05, 0) is 55.8 Å². The van der Waals surface area contributed by atoms with Crippen LogP contribution in [0.4, 0.5) is 0 Å². The minimum Gasteiger partial charge on any atom is -0.310 e. The van der Waals surface area contributed by atoms with E-state index in [1.54, 1.807) is 11.8 Å². The highest BCUT2D eigenvalue weighted by Gasteiger charge is 2.06. The fourth-order valence-electron chi connectivity index (χ4n) is 1.88. The zero-order valence-corrected chi connectivity index (χ0v) is 13.3. The minimum atomic E-state index is 0.344. The molecule has 0 saturated carbocycles. The van der Waals surface area contributed by atoms with Crippen LogP contribution in [0.2, 0.25) is 5.02 Å². The third-order valence-electron chi connectivity index (χ3n) is 2.98. The summed E-state index contributed by atoms with van der Waals surface area (Å²) in [5, 5.41) is 5.24. The van der Waals surface area contributed by atoms with E-state index in [2.05, 4.69) is 36.3 Å². The molecule has 0 fully saturated rings. The van der Waals surface area contributed by atoms with Crippen LogP contribution in [0.3, 0.4) is 0 Å². The molecule has 0 spiro atoms. The number of nitrogens with one attached hydrogen (secondary N) is 1. The van der Waals surface area contributed by atoms with Crippen molar-refractivity contribution in [1.29, 1.82) is 0 Å². The molecule has 1 unspecified atom stereocenters. The second-order valence-corrected chi connectivity index (χ2v) is 6.19. The third-order valence-corrected chi connectivity index (χ3v) is 4.14. The largest absolute Gasteiger partial charge is 0.310 e. The van der Waals surface area contributed by atoms with E-state index in [4.69, 9.17) is 11.6 Å². The number of aromatic nitrogens is 1. The van der Waals surface area contributed by atoms with Crippen LogP contribution >= 0.6 is 23.4 Å². The zero-order valence-electron chi connectivity index (χ0n) is 11.8. The van der Waals surface area contributed by atoms with E-state index < -0.39 is 0 Å². The number of hydrogen-bond acceptors (Lipinski definition) is 3. The summed E-state index contributed by atoms with van der Waals surface area (Å²) in [6, 6.07) is 12.4. The highest BCUT2D eigenvalue weighted by molar-refractivity contribution is 7.99. The first-order valence-corrected chi connectivity index (χ1v) is 8.01. The topological polar surface area (TPSA) is 24.9 Å². The summed E-state index contributed by atoms with van der Waals surface area (Å²) < 4.78 is 0. The Morgan fingerprint density at radius 3 is 2.90 bits per heavy atom. The molecule has 2 nitrogen and oxygen atoms in total. The zero-order chi connectivity index (χ0) is 14.4. The monoisotopic (exact) mass is 306 g/mol. The normalized spacial score (nSPS) is 12.3. The highest BCUT2D eigenvalue weighted by Crippen LogP contribution is 2.29. The Balaban J connectivity index is 2.09. The molecule has 1 heterocycles. The van der Waals surface area contributed by atoms with Crippen LogP contribution in [0, 0.1) is 0 Å². The molecule has 106 valence electrons. The Labute approximate surface area is 130 Å². The maximum Gasteiger partial charge on any atom is 0.101 e. The summed E-state index contributed by atoms with van der Waals surface area (Å²) in [7, 11) is 0. The molecule has 0 amide bonds. The molecule has 1 aromatic heterocycles. The van der Waals surface area contributed by atoms with Crippen LogP contribution < -0.4 is 5.32 Å². The fourth-order valence-corrected chi connectivity index (χ4v) is 3.02. The molecule has 0 saturated heterocycles. The summed E-state index contributed by atoms with van der Waals surface area (Å²) >= 11 is 7.64. The number of nitrogens with zero attached hydrogens (tertiary/aromatic N) is 1. The maximum atomic E-state index is 6.01. The van der Waals surface area contributed by atoms with Crippen molar-refractivity contribution in [3.05, 3.63) is 53.2 Å². The fraction of sp³-hybridized carbons (Fsp3) is 0.312. The van der Waals surface area contributed by atoms with Crippen LogP contribution in [-0.2, 0) is 0 Å². The van der Waals surface area contributed by atoms with Crippen molar-refractivity contribution in [2.45, 2.75) is 36.2 Å². The molecule has 0 aliphatic carbocycles. The number of halogens is 1. The van der Waals surface area contributed by atoms with Gasteiger partial charge in [0.05, 0.1) is 0 Å². The van der Waals surface area contributed by atoms with Crippen LogP contribution in [0.25, 0.3) is 0 Å². The molecule has 2 rings (SSSR count). The third kappa shape index (κ3) is 4.51. The SMILES string of the molecule is CCCNC(C)c1ccnc(Sc2cccc(Cl)c2)c1. The lowest BCUT2D eigenvalue weighted by atomic mass is 10.1. The van der Waals surface area contributed by atoms with Crippen molar-refractivity contribution in [3.8, 4) is 0 Å². The lowest BCUT2D eigenvalue weighted by Crippen LogP contribution is -2.19. The molecule has 0 radical (unpaired) electrons. The minimum absolute atomic E-state index is 0.344. The van der Waals surface area contributed by atoms with Crippen molar-refractivity contribution >= 4 is 23.4 Å².